The molecule has 0 unspecified atom stereocenters. The Labute approximate surface area is 160 Å². The molecular formula is C16H20Cl2F3N3O2. The van der Waals surface area contributed by atoms with Gasteiger partial charge in [-0.15, -0.1) is 0 Å². The number of hydrogen-bond acceptors (Lipinski definition) is 3. The molecule has 0 aliphatic heterocycles. The van der Waals surface area contributed by atoms with E-state index in [4.69, 9.17) is 23.2 Å². The number of anilines is 1. The highest BCUT2D eigenvalue weighted by molar-refractivity contribution is 6.36. The number of alkyl halides is 3. The summed E-state index contributed by atoms with van der Waals surface area (Å²) in [5.74, 6) is -1.15. The van der Waals surface area contributed by atoms with Crippen LogP contribution in [0.25, 0.3) is 0 Å². The van der Waals surface area contributed by atoms with Gasteiger partial charge in [-0.25, -0.2) is 0 Å². The first-order chi connectivity index (χ1) is 12.0. The molecule has 2 amide bonds. The second-order valence-electron chi connectivity index (χ2n) is 5.75. The maximum atomic E-state index is 12.4. The van der Waals surface area contributed by atoms with E-state index in [1.165, 1.54) is 17.0 Å². The lowest BCUT2D eigenvalue weighted by Crippen LogP contribution is -2.44. The third-order valence-electron chi connectivity index (χ3n) is 3.31. The van der Waals surface area contributed by atoms with Gasteiger partial charge in [0.1, 0.15) is 6.54 Å². The Morgan fingerprint density at radius 2 is 1.85 bits per heavy atom. The van der Waals surface area contributed by atoms with Crippen molar-refractivity contribution in [2.24, 2.45) is 0 Å². The lowest BCUT2D eigenvalue weighted by Gasteiger charge is -2.25. The Morgan fingerprint density at radius 3 is 2.38 bits per heavy atom. The zero-order chi connectivity index (χ0) is 19.9. The molecule has 0 spiro atoms. The first-order valence-electron chi connectivity index (χ1n) is 7.79. The molecule has 0 aliphatic carbocycles. The van der Waals surface area contributed by atoms with Gasteiger partial charge in [0.25, 0.3) is 0 Å². The van der Waals surface area contributed by atoms with E-state index in [0.29, 0.717) is 28.6 Å². The molecule has 0 radical (unpaired) electrons. The molecule has 0 atom stereocenters. The van der Waals surface area contributed by atoms with Crippen molar-refractivity contribution in [2.45, 2.75) is 19.5 Å². The number of carbonyl (C=O) groups excluding carboxylic acids is 2. The van der Waals surface area contributed by atoms with Gasteiger partial charge >= 0.3 is 6.18 Å². The highest BCUT2D eigenvalue weighted by Crippen LogP contribution is 2.25. The summed E-state index contributed by atoms with van der Waals surface area (Å²) in [6.45, 7) is 0.442. The molecule has 26 heavy (non-hydrogen) atoms. The molecule has 0 aromatic heterocycles. The molecule has 1 rings (SSSR count). The number of nitrogens with zero attached hydrogens (tertiary/aromatic N) is 2. The predicted octanol–water partition coefficient (Wildman–Crippen LogP) is 3.66. The molecule has 0 saturated carbocycles. The van der Waals surface area contributed by atoms with E-state index in [-0.39, 0.29) is 18.1 Å². The zero-order valence-corrected chi connectivity index (χ0v) is 15.9. The Balaban J connectivity index is 2.66. The van der Waals surface area contributed by atoms with Crippen molar-refractivity contribution in [3.63, 3.8) is 0 Å². The topological polar surface area (TPSA) is 52.7 Å². The van der Waals surface area contributed by atoms with E-state index in [1.54, 1.807) is 6.07 Å². The molecule has 0 heterocycles. The summed E-state index contributed by atoms with van der Waals surface area (Å²) >= 11 is 11.8. The largest absolute Gasteiger partial charge is 0.406 e. The zero-order valence-electron chi connectivity index (χ0n) is 14.4. The van der Waals surface area contributed by atoms with E-state index in [0.717, 1.165) is 7.05 Å². The lowest BCUT2D eigenvalue weighted by molar-refractivity contribution is -0.159. The second kappa shape index (κ2) is 9.99. The van der Waals surface area contributed by atoms with Gasteiger partial charge in [0.15, 0.2) is 0 Å². The Morgan fingerprint density at radius 1 is 1.19 bits per heavy atom. The Kier molecular flexibility index (Phi) is 8.66. The van der Waals surface area contributed by atoms with Gasteiger partial charge in [-0.3, -0.25) is 14.5 Å². The second-order valence-corrected chi connectivity index (χ2v) is 6.59. The van der Waals surface area contributed by atoms with Crippen molar-refractivity contribution in [3.8, 4) is 0 Å². The van der Waals surface area contributed by atoms with Crippen molar-refractivity contribution in [1.29, 1.82) is 0 Å². The number of hydrogen-bond donors (Lipinski definition) is 1. The quantitative estimate of drug-likeness (QED) is 0.707. The normalized spacial score (nSPS) is 11.5. The summed E-state index contributed by atoms with van der Waals surface area (Å²) in [6, 6.07) is 4.57. The summed E-state index contributed by atoms with van der Waals surface area (Å²) in [5.41, 5.74) is 0.359. The minimum Gasteiger partial charge on any atom is -0.336 e. The number of likely N-dealkylation sites (N-methyl/N-ethyl adjacent to an activating group) is 1. The van der Waals surface area contributed by atoms with Crippen molar-refractivity contribution in [3.05, 3.63) is 28.2 Å². The summed E-state index contributed by atoms with van der Waals surface area (Å²) in [5, 5.41) is 3.26. The summed E-state index contributed by atoms with van der Waals surface area (Å²) in [4.78, 5) is 26.2. The van der Waals surface area contributed by atoms with Crippen LogP contribution in [0.4, 0.5) is 18.9 Å². The van der Waals surface area contributed by atoms with E-state index in [2.05, 4.69) is 5.32 Å². The number of halogens is 5. The Hall–Kier alpha value is -1.51. The third-order valence-corrected chi connectivity index (χ3v) is 3.86. The number of amides is 2. The van der Waals surface area contributed by atoms with Crippen LogP contribution in [0.5, 0.6) is 0 Å². The maximum absolute atomic E-state index is 12.4. The van der Waals surface area contributed by atoms with E-state index < -0.39 is 24.5 Å². The molecule has 1 aromatic rings. The van der Waals surface area contributed by atoms with Gasteiger partial charge in [0.05, 0.1) is 23.8 Å². The average molecular weight is 414 g/mol. The average Bonchev–Trinajstić information content (AvgIpc) is 2.48. The van der Waals surface area contributed by atoms with Crippen LogP contribution in [-0.4, -0.2) is 61.0 Å². The molecule has 10 heteroatoms. The summed E-state index contributed by atoms with van der Waals surface area (Å²) in [7, 11) is 1.08. The molecule has 0 aliphatic rings. The van der Waals surface area contributed by atoms with Gasteiger partial charge in [-0.1, -0.05) is 30.1 Å². The van der Waals surface area contributed by atoms with Crippen LogP contribution in [0.1, 0.15) is 13.3 Å². The lowest BCUT2D eigenvalue weighted by atomic mass is 10.3. The number of carbonyl (C=O) groups is 2. The molecule has 5 nitrogen and oxygen atoms in total. The molecule has 0 saturated heterocycles. The van der Waals surface area contributed by atoms with Crippen LogP contribution in [0.3, 0.4) is 0 Å². The summed E-state index contributed by atoms with van der Waals surface area (Å²) in [6.07, 6.45) is -3.84. The minimum atomic E-state index is -4.47. The fourth-order valence-electron chi connectivity index (χ4n) is 2.18. The van der Waals surface area contributed by atoms with Crippen molar-refractivity contribution in [1.82, 2.24) is 9.80 Å². The van der Waals surface area contributed by atoms with Crippen molar-refractivity contribution >= 4 is 40.7 Å². The fourth-order valence-corrected chi connectivity index (χ4v) is 2.64. The Bertz CT molecular complexity index is 642. The molecule has 0 fully saturated rings. The van der Waals surface area contributed by atoms with Crippen molar-refractivity contribution < 1.29 is 22.8 Å². The monoisotopic (exact) mass is 413 g/mol. The van der Waals surface area contributed by atoms with Crippen molar-refractivity contribution in [2.75, 3.05) is 38.5 Å². The SMILES string of the molecule is CCCN(CC(=O)Nc1ccc(Cl)cc1Cl)CC(=O)N(C)CC(F)(F)F. The summed E-state index contributed by atoms with van der Waals surface area (Å²) < 4.78 is 37.1. The van der Waals surface area contributed by atoms with Crippen LogP contribution >= 0.6 is 23.2 Å². The van der Waals surface area contributed by atoms with Gasteiger partial charge in [-0.05, 0) is 31.2 Å². The molecule has 0 bridgehead atoms. The standard InChI is InChI=1S/C16H20Cl2F3N3O2/c1-3-6-24(9-15(26)23(2)10-16(19,20)21)8-14(25)22-13-5-4-11(17)7-12(13)18/h4-5,7H,3,6,8-10H2,1-2H3,(H,22,25). The molecule has 1 N–H and O–H groups in total. The predicted molar refractivity (Wildman–Crippen MR) is 95.5 cm³/mol. The molecule has 1 aromatic carbocycles. The fraction of sp³-hybridized carbons (Fsp3) is 0.500. The van der Waals surface area contributed by atoms with E-state index in [1.807, 2.05) is 6.92 Å². The van der Waals surface area contributed by atoms with E-state index in [9.17, 15) is 22.8 Å². The third kappa shape index (κ3) is 8.25. The van der Waals surface area contributed by atoms with Crippen LogP contribution in [0.15, 0.2) is 18.2 Å². The van der Waals surface area contributed by atoms with Crippen LogP contribution in [0.2, 0.25) is 10.0 Å². The van der Waals surface area contributed by atoms with Gasteiger partial charge in [-0.2, -0.15) is 13.2 Å². The minimum absolute atomic E-state index is 0.154. The number of nitrogens with one attached hydrogen (secondary N) is 1. The van der Waals surface area contributed by atoms with Crippen LogP contribution in [0, 0.1) is 0 Å². The molecule has 146 valence electrons. The van der Waals surface area contributed by atoms with Crippen LogP contribution < -0.4 is 5.32 Å². The highest BCUT2D eigenvalue weighted by atomic mass is 35.5. The number of benzene rings is 1. The van der Waals surface area contributed by atoms with Gasteiger partial charge < -0.3 is 10.2 Å². The number of rotatable bonds is 8. The van der Waals surface area contributed by atoms with Gasteiger partial charge in [0, 0.05) is 12.1 Å². The van der Waals surface area contributed by atoms with E-state index >= 15 is 0 Å². The molecular weight excluding hydrogens is 394 g/mol. The highest BCUT2D eigenvalue weighted by Gasteiger charge is 2.31. The van der Waals surface area contributed by atoms with Crippen LogP contribution in [-0.2, 0) is 9.59 Å². The first-order valence-corrected chi connectivity index (χ1v) is 8.55. The maximum Gasteiger partial charge on any atom is 0.406 e. The van der Waals surface area contributed by atoms with Gasteiger partial charge in [0.2, 0.25) is 11.8 Å². The smallest absolute Gasteiger partial charge is 0.336 e. The first kappa shape index (κ1) is 22.5.